The molecule has 1 atom stereocenters. The molecule has 0 aromatic rings. The summed E-state index contributed by atoms with van der Waals surface area (Å²) in [6.07, 6.45) is 2.40. The van der Waals surface area contributed by atoms with Gasteiger partial charge in [-0.05, 0) is 33.6 Å². The van der Waals surface area contributed by atoms with E-state index in [0.29, 0.717) is 0 Å². The second kappa shape index (κ2) is 6.02. The maximum atomic E-state index is 11.5. The van der Waals surface area contributed by atoms with Gasteiger partial charge in [0.1, 0.15) is 0 Å². The van der Waals surface area contributed by atoms with E-state index in [1.807, 2.05) is 41.5 Å². The molecule has 0 bridgehead atoms. The molecular formula is C14H28O4. The average Bonchev–Trinajstić information content (AvgIpc) is 2.25. The van der Waals surface area contributed by atoms with E-state index >= 15 is 0 Å². The summed E-state index contributed by atoms with van der Waals surface area (Å²) < 4.78 is 0. The molecular weight excluding hydrogens is 232 g/mol. The molecule has 0 aliphatic rings. The highest BCUT2D eigenvalue weighted by molar-refractivity contribution is 5.78. The fraction of sp³-hybridized carbons (Fsp3) is 0.929. The van der Waals surface area contributed by atoms with E-state index in [9.17, 15) is 9.90 Å². The van der Waals surface area contributed by atoms with Crippen molar-refractivity contribution in [1.29, 1.82) is 0 Å². The van der Waals surface area contributed by atoms with Crippen LogP contribution in [0.1, 0.15) is 67.7 Å². The highest BCUT2D eigenvalue weighted by atomic mass is 17.2. The first-order chi connectivity index (χ1) is 8.02. The van der Waals surface area contributed by atoms with Crippen LogP contribution in [0.4, 0.5) is 0 Å². The van der Waals surface area contributed by atoms with E-state index in [2.05, 4.69) is 0 Å². The predicted molar refractivity (Wildman–Crippen MR) is 71.3 cm³/mol. The van der Waals surface area contributed by atoms with E-state index in [1.165, 1.54) is 0 Å². The Balaban J connectivity index is 5.00. The molecule has 1 N–H and O–H groups in total. The van der Waals surface area contributed by atoms with Crippen molar-refractivity contribution in [1.82, 2.24) is 0 Å². The summed E-state index contributed by atoms with van der Waals surface area (Å²) in [5.74, 6) is -0.993. The van der Waals surface area contributed by atoms with E-state index in [-0.39, 0.29) is 0 Å². The van der Waals surface area contributed by atoms with Crippen LogP contribution >= 0.6 is 0 Å². The van der Waals surface area contributed by atoms with Gasteiger partial charge in [0.25, 0.3) is 0 Å². The summed E-state index contributed by atoms with van der Waals surface area (Å²) in [6, 6.07) is 0. The van der Waals surface area contributed by atoms with Gasteiger partial charge in [0.15, 0.2) is 0 Å². The van der Waals surface area contributed by atoms with Gasteiger partial charge in [0.2, 0.25) is 5.60 Å². The second-order valence-corrected chi connectivity index (χ2v) is 6.25. The number of aliphatic carboxylic acids is 1. The summed E-state index contributed by atoms with van der Waals surface area (Å²) in [4.78, 5) is 22.3. The zero-order valence-electron chi connectivity index (χ0n) is 12.8. The molecule has 0 saturated carbocycles. The number of carboxylic acid groups (broad SMARTS) is 1. The second-order valence-electron chi connectivity index (χ2n) is 6.25. The molecule has 0 aliphatic carbocycles. The molecule has 4 nitrogen and oxygen atoms in total. The average molecular weight is 260 g/mol. The molecule has 0 aliphatic heterocycles. The van der Waals surface area contributed by atoms with Gasteiger partial charge in [-0.3, -0.25) is 0 Å². The minimum Gasteiger partial charge on any atom is -0.479 e. The summed E-state index contributed by atoms with van der Waals surface area (Å²) in [6.45, 7) is 13.1. The van der Waals surface area contributed by atoms with E-state index in [0.717, 1.165) is 19.3 Å². The number of carboxylic acids is 1. The van der Waals surface area contributed by atoms with E-state index in [1.54, 1.807) is 6.92 Å². The van der Waals surface area contributed by atoms with Crippen LogP contribution in [0.3, 0.4) is 0 Å². The van der Waals surface area contributed by atoms with Crippen LogP contribution in [0.15, 0.2) is 0 Å². The van der Waals surface area contributed by atoms with Gasteiger partial charge < -0.3 is 5.11 Å². The minimum atomic E-state index is -1.35. The van der Waals surface area contributed by atoms with Crippen molar-refractivity contribution in [2.24, 2.45) is 5.41 Å². The third-order valence-corrected chi connectivity index (χ3v) is 3.86. The van der Waals surface area contributed by atoms with Crippen LogP contribution in [0.25, 0.3) is 0 Å². The molecule has 0 spiro atoms. The summed E-state index contributed by atoms with van der Waals surface area (Å²) in [7, 11) is 0. The van der Waals surface area contributed by atoms with Crippen LogP contribution in [0.5, 0.6) is 0 Å². The van der Waals surface area contributed by atoms with Crippen LogP contribution < -0.4 is 0 Å². The SMILES string of the molecule is CCCC(C)(C)C(C)(OOC(C)(C)CC)C(=O)O. The van der Waals surface area contributed by atoms with Gasteiger partial charge in [-0.1, -0.05) is 34.1 Å². The van der Waals surface area contributed by atoms with Gasteiger partial charge in [0.05, 0.1) is 5.60 Å². The van der Waals surface area contributed by atoms with Gasteiger partial charge in [-0.2, -0.15) is 0 Å². The lowest BCUT2D eigenvalue weighted by molar-refractivity contribution is -0.413. The first-order valence-electron chi connectivity index (χ1n) is 6.62. The van der Waals surface area contributed by atoms with Crippen molar-refractivity contribution in [2.45, 2.75) is 78.9 Å². The Morgan fingerprint density at radius 3 is 1.89 bits per heavy atom. The van der Waals surface area contributed by atoms with Crippen molar-refractivity contribution < 1.29 is 19.7 Å². The smallest absolute Gasteiger partial charge is 0.339 e. The Morgan fingerprint density at radius 1 is 1.06 bits per heavy atom. The Bertz CT molecular complexity index is 284. The number of hydrogen-bond donors (Lipinski definition) is 1. The van der Waals surface area contributed by atoms with Crippen molar-refractivity contribution in [3.05, 3.63) is 0 Å². The summed E-state index contributed by atoms with van der Waals surface area (Å²) in [5.41, 5.74) is -2.34. The minimum absolute atomic E-state index is 0.487. The van der Waals surface area contributed by atoms with Crippen molar-refractivity contribution in [3.63, 3.8) is 0 Å². The molecule has 108 valence electrons. The largest absolute Gasteiger partial charge is 0.479 e. The normalized spacial score (nSPS) is 16.4. The molecule has 0 heterocycles. The standard InChI is InChI=1S/C14H28O4/c1-8-10-12(3,4)14(7,11(15)16)18-17-13(5,6)9-2/h8-10H2,1-7H3,(H,15,16). The number of carbonyl (C=O) groups is 1. The zero-order chi connectivity index (χ0) is 14.6. The Labute approximate surface area is 111 Å². The van der Waals surface area contributed by atoms with Crippen LogP contribution in [0.2, 0.25) is 0 Å². The van der Waals surface area contributed by atoms with Crippen LogP contribution in [-0.4, -0.2) is 22.3 Å². The van der Waals surface area contributed by atoms with Crippen LogP contribution in [-0.2, 0) is 14.6 Å². The Morgan fingerprint density at radius 2 is 1.56 bits per heavy atom. The highest BCUT2D eigenvalue weighted by Gasteiger charge is 2.50. The lowest BCUT2D eigenvalue weighted by Crippen LogP contribution is -2.52. The van der Waals surface area contributed by atoms with Crippen molar-refractivity contribution in [2.75, 3.05) is 0 Å². The fourth-order valence-electron chi connectivity index (χ4n) is 1.56. The lowest BCUT2D eigenvalue weighted by atomic mass is 9.73. The molecule has 0 fully saturated rings. The molecule has 0 aromatic carbocycles. The predicted octanol–water partition coefficient (Wildman–Crippen LogP) is 3.79. The van der Waals surface area contributed by atoms with Crippen LogP contribution in [0, 0.1) is 5.41 Å². The molecule has 18 heavy (non-hydrogen) atoms. The highest BCUT2D eigenvalue weighted by Crippen LogP contribution is 2.39. The molecule has 1 unspecified atom stereocenters. The van der Waals surface area contributed by atoms with Gasteiger partial charge in [0, 0.05) is 5.41 Å². The number of hydrogen-bond acceptors (Lipinski definition) is 3. The van der Waals surface area contributed by atoms with E-state index in [4.69, 9.17) is 9.78 Å². The fourth-order valence-corrected chi connectivity index (χ4v) is 1.56. The summed E-state index contributed by atoms with van der Waals surface area (Å²) in [5, 5.41) is 9.46. The molecule has 0 radical (unpaired) electrons. The molecule has 4 heteroatoms. The monoisotopic (exact) mass is 260 g/mol. The van der Waals surface area contributed by atoms with Gasteiger partial charge in [-0.25, -0.2) is 14.6 Å². The third kappa shape index (κ3) is 3.95. The van der Waals surface area contributed by atoms with E-state index < -0.39 is 22.6 Å². The first-order valence-corrected chi connectivity index (χ1v) is 6.62. The Hall–Kier alpha value is -0.610. The maximum Gasteiger partial charge on any atom is 0.339 e. The topological polar surface area (TPSA) is 55.8 Å². The first kappa shape index (κ1) is 17.4. The molecule has 0 aromatic heterocycles. The van der Waals surface area contributed by atoms with Crippen molar-refractivity contribution in [3.8, 4) is 0 Å². The summed E-state index contributed by atoms with van der Waals surface area (Å²) >= 11 is 0. The maximum absolute atomic E-state index is 11.5. The molecule has 0 rings (SSSR count). The molecule has 0 amide bonds. The number of rotatable bonds is 8. The quantitative estimate of drug-likeness (QED) is 0.533. The zero-order valence-corrected chi connectivity index (χ0v) is 12.8. The molecule has 0 saturated heterocycles. The van der Waals surface area contributed by atoms with Gasteiger partial charge >= 0.3 is 5.97 Å². The third-order valence-electron chi connectivity index (χ3n) is 3.86. The Kier molecular flexibility index (Phi) is 5.82. The lowest BCUT2D eigenvalue weighted by Gasteiger charge is -2.40. The van der Waals surface area contributed by atoms with Crippen molar-refractivity contribution >= 4 is 5.97 Å². The van der Waals surface area contributed by atoms with Gasteiger partial charge in [-0.15, -0.1) is 0 Å².